The van der Waals surface area contributed by atoms with Crippen LogP contribution in [0, 0.1) is 5.92 Å². The zero-order chi connectivity index (χ0) is 19.2. The second kappa shape index (κ2) is 9.33. The molecule has 25 heavy (non-hydrogen) atoms. The molecule has 2 N–H and O–H groups in total. The summed E-state index contributed by atoms with van der Waals surface area (Å²) in [7, 11) is -1.71. The van der Waals surface area contributed by atoms with Crippen LogP contribution in [0.3, 0.4) is 0 Å². The standard InChI is InChI=1S/C17H25BrN2O4S/c1-11(2)9-14(19-16(22)24-17(3,4)5)15(21)20-25(23)13-8-6-7-12(18)10-13/h6-8,10-11,14H,9H2,1-5H3,(H,19,22)(H,20,21). The number of rotatable bonds is 6. The zero-order valence-corrected chi connectivity index (χ0v) is 17.5. The van der Waals surface area contributed by atoms with Crippen LogP contribution in [0.25, 0.3) is 0 Å². The van der Waals surface area contributed by atoms with E-state index in [0.717, 1.165) is 4.47 Å². The monoisotopic (exact) mass is 432 g/mol. The average molecular weight is 433 g/mol. The van der Waals surface area contributed by atoms with Crippen LogP contribution in [0.4, 0.5) is 4.79 Å². The molecule has 0 aliphatic rings. The van der Waals surface area contributed by atoms with Crippen LogP contribution in [0.5, 0.6) is 0 Å². The fraction of sp³-hybridized carbons (Fsp3) is 0.529. The van der Waals surface area contributed by atoms with Gasteiger partial charge in [-0.2, -0.15) is 0 Å². The maximum Gasteiger partial charge on any atom is 0.408 e. The van der Waals surface area contributed by atoms with Gasteiger partial charge in [0.05, 0.1) is 4.90 Å². The fourth-order valence-electron chi connectivity index (χ4n) is 1.96. The number of hydrogen-bond acceptors (Lipinski definition) is 4. The number of benzene rings is 1. The number of ether oxygens (including phenoxy) is 1. The van der Waals surface area contributed by atoms with Gasteiger partial charge in [0, 0.05) is 4.47 Å². The molecule has 0 heterocycles. The lowest BCUT2D eigenvalue weighted by Gasteiger charge is -2.24. The van der Waals surface area contributed by atoms with Gasteiger partial charge in [-0.15, -0.1) is 0 Å². The van der Waals surface area contributed by atoms with Gasteiger partial charge in [-0.3, -0.25) is 9.52 Å². The molecule has 0 aliphatic carbocycles. The Bertz CT molecular complexity index is 644. The highest BCUT2D eigenvalue weighted by atomic mass is 79.9. The molecule has 0 bridgehead atoms. The molecule has 0 aliphatic heterocycles. The molecule has 0 saturated heterocycles. The minimum Gasteiger partial charge on any atom is -0.444 e. The first kappa shape index (κ1) is 21.6. The molecule has 0 radical (unpaired) electrons. The molecular formula is C17H25BrN2O4S. The van der Waals surface area contributed by atoms with Crippen molar-refractivity contribution in [2.24, 2.45) is 5.92 Å². The molecule has 0 fully saturated rings. The molecule has 6 nitrogen and oxygen atoms in total. The van der Waals surface area contributed by atoms with Crippen molar-refractivity contribution in [1.29, 1.82) is 0 Å². The fourth-order valence-corrected chi connectivity index (χ4v) is 3.39. The van der Waals surface area contributed by atoms with Crippen LogP contribution in [0.1, 0.15) is 41.0 Å². The predicted molar refractivity (Wildman–Crippen MR) is 101 cm³/mol. The summed E-state index contributed by atoms with van der Waals surface area (Å²) in [4.78, 5) is 24.9. The van der Waals surface area contributed by atoms with E-state index in [0.29, 0.717) is 11.3 Å². The summed E-state index contributed by atoms with van der Waals surface area (Å²) >= 11 is 3.30. The van der Waals surface area contributed by atoms with Crippen molar-refractivity contribution in [3.63, 3.8) is 0 Å². The van der Waals surface area contributed by atoms with E-state index in [9.17, 15) is 13.8 Å². The van der Waals surface area contributed by atoms with Crippen molar-refractivity contribution >= 4 is 38.9 Å². The molecule has 8 heteroatoms. The van der Waals surface area contributed by atoms with E-state index in [1.807, 2.05) is 13.8 Å². The molecule has 1 aromatic carbocycles. The van der Waals surface area contributed by atoms with E-state index in [4.69, 9.17) is 4.74 Å². The van der Waals surface area contributed by atoms with Crippen molar-refractivity contribution in [1.82, 2.24) is 10.0 Å². The van der Waals surface area contributed by atoms with Crippen molar-refractivity contribution < 1.29 is 18.5 Å². The van der Waals surface area contributed by atoms with E-state index >= 15 is 0 Å². The minimum atomic E-state index is -1.71. The summed E-state index contributed by atoms with van der Waals surface area (Å²) in [6.45, 7) is 9.09. The highest BCUT2D eigenvalue weighted by Gasteiger charge is 2.26. The SMILES string of the molecule is CC(C)CC(NC(=O)OC(C)(C)C)C(=O)NS(=O)c1cccc(Br)c1. The molecule has 1 rings (SSSR count). The Morgan fingerprint density at radius 3 is 2.44 bits per heavy atom. The van der Waals surface area contributed by atoms with Gasteiger partial charge in [0.1, 0.15) is 11.6 Å². The van der Waals surface area contributed by atoms with Crippen LogP contribution in [-0.2, 0) is 20.5 Å². The quantitative estimate of drug-likeness (QED) is 0.719. The molecule has 0 spiro atoms. The summed E-state index contributed by atoms with van der Waals surface area (Å²) in [6, 6.07) is 6.02. The van der Waals surface area contributed by atoms with Gasteiger partial charge in [-0.25, -0.2) is 9.00 Å². The minimum absolute atomic E-state index is 0.157. The third-order valence-corrected chi connectivity index (χ3v) is 4.48. The first-order chi connectivity index (χ1) is 11.5. The van der Waals surface area contributed by atoms with Crippen molar-refractivity contribution in [3.8, 4) is 0 Å². The summed E-state index contributed by atoms with van der Waals surface area (Å²) < 4.78 is 20.7. The number of halogens is 1. The zero-order valence-electron chi connectivity index (χ0n) is 15.1. The topological polar surface area (TPSA) is 84.5 Å². The van der Waals surface area contributed by atoms with Crippen molar-refractivity contribution in [2.75, 3.05) is 0 Å². The lowest BCUT2D eigenvalue weighted by molar-refractivity contribution is -0.121. The average Bonchev–Trinajstić information content (AvgIpc) is 2.43. The number of nitrogens with one attached hydrogen (secondary N) is 2. The van der Waals surface area contributed by atoms with Crippen LogP contribution in [0.2, 0.25) is 0 Å². The van der Waals surface area contributed by atoms with E-state index < -0.39 is 34.6 Å². The Balaban J connectivity index is 2.79. The second-order valence-corrected chi connectivity index (χ2v) is 9.15. The molecule has 0 aromatic heterocycles. The van der Waals surface area contributed by atoms with Crippen molar-refractivity contribution in [2.45, 2.75) is 57.6 Å². The van der Waals surface area contributed by atoms with Gasteiger partial charge in [0.25, 0.3) is 5.91 Å². The lowest BCUT2D eigenvalue weighted by atomic mass is 10.0. The maximum absolute atomic E-state index is 12.5. The molecule has 2 unspecified atom stereocenters. The Hall–Kier alpha value is -1.41. The Morgan fingerprint density at radius 2 is 1.92 bits per heavy atom. The van der Waals surface area contributed by atoms with Gasteiger partial charge in [-0.1, -0.05) is 35.8 Å². The highest BCUT2D eigenvalue weighted by molar-refractivity contribution is 9.10. The summed E-state index contributed by atoms with van der Waals surface area (Å²) in [5.74, 6) is -0.358. The Morgan fingerprint density at radius 1 is 1.28 bits per heavy atom. The van der Waals surface area contributed by atoms with E-state index in [1.165, 1.54) is 0 Å². The second-order valence-electron chi connectivity index (χ2n) is 7.02. The Kier molecular flexibility index (Phi) is 8.08. The number of hydrogen-bond donors (Lipinski definition) is 2. The predicted octanol–water partition coefficient (Wildman–Crippen LogP) is 3.53. The molecular weight excluding hydrogens is 408 g/mol. The van der Waals surface area contributed by atoms with E-state index in [2.05, 4.69) is 26.0 Å². The third-order valence-electron chi connectivity index (χ3n) is 2.92. The molecule has 140 valence electrons. The van der Waals surface area contributed by atoms with Crippen LogP contribution >= 0.6 is 15.9 Å². The molecule has 2 amide bonds. The normalized spacial score (nSPS) is 13.9. The van der Waals surface area contributed by atoms with Gasteiger partial charge in [-0.05, 0) is 51.3 Å². The number of alkyl carbamates (subject to hydrolysis) is 1. The lowest BCUT2D eigenvalue weighted by Crippen LogP contribution is -2.49. The smallest absolute Gasteiger partial charge is 0.408 e. The van der Waals surface area contributed by atoms with Gasteiger partial charge in [0.2, 0.25) is 0 Å². The van der Waals surface area contributed by atoms with E-state index in [-0.39, 0.29) is 5.92 Å². The van der Waals surface area contributed by atoms with Gasteiger partial charge >= 0.3 is 6.09 Å². The van der Waals surface area contributed by atoms with Gasteiger partial charge in [0.15, 0.2) is 11.0 Å². The number of carbonyl (C=O) groups is 2. The first-order valence-electron chi connectivity index (χ1n) is 7.95. The number of carbonyl (C=O) groups excluding carboxylic acids is 2. The van der Waals surface area contributed by atoms with Crippen LogP contribution in [0.15, 0.2) is 33.6 Å². The summed E-state index contributed by atoms with van der Waals surface area (Å²) in [5, 5.41) is 2.56. The van der Waals surface area contributed by atoms with Crippen LogP contribution in [-0.4, -0.2) is 27.9 Å². The molecule has 1 aromatic rings. The van der Waals surface area contributed by atoms with E-state index in [1.54, 1.807) is 45.0 Å². The maximum atomic E-state index is 12.5. The first-order valence-corrected chi connectivity index (χ1v) is 9.89. The summed E-state index contributed by atoms with van der Waals surface area (Å²) in [6.07, 6.45) is -0.276. The van der Waals surface area contributed by atoms with Crippen molar-refractivity contribution in [3.05, 3.63) is 28.7 Å². The largest absolute Gasteiger partial charge is 0.444 e. The number of amides is 2. The molecule has 0 saturated carbocycles. The highest BCUT2D eigenvalue weighted by Crippen LogP contribution is 2.14. The summed E-state index contributed by atoms with van der Waals surface area (Å²) in [5.41, 5.74) is -0.665. The van der Waals surface area contributed by atoms with Gasteiger partial charge < -0.3 is 10.1 Å². The Labute approximate surface area is 159 Å². The molecule has 2 atom stereocenters. The third kappa shape index (κ3) is 8.49. The van der Waals surface area contributed by atoms with Crippen LogP contribution < -0.4 is 10.0 Å².